The first-order valence-electron chi connectivity index (χ1n) is 9.57. The number of esters is 2. The van der Waals surface area contributed by atoms with Crippen LogP contribution in [0.15, 0.2) is 36.4 Å². The molecule has 1 N–H and O–H groups in total. The molecule has 34 heavy (non-hydrogen) atoms. The van der Waals surface area contributed by atoms with Gasteiger partial charge in [0, 0.05) is 12.0 Å². The van der Waals surface area contributed by atoms with Gasteiger partial charge in [-0.2, -0.15) is 17.2 Å². The van der Waals surface area contributed by atoms with Crippen LogP contribution in [-0.2, 0) is 14.9 Å². The summed E-state index contributed by atoms with van der Waals surface area (Å²) in [5.41, 5.74) is 0.251. The Bertz CT molecular complexity index is 1190. The lowest BCUT2D eigenvalue weighted by Gasteiger charge is -2.13. The molecule has 0 aromatic heterocycles. The second-order valence-corrected chi connectivity index (χ2v) is 10.8. The Kier molecular flexibility index (Phi) is 9.91. The Hall–Kier alpha value is -1.72. The standard InChI is InChI=1S/C21H18F2I2O8S/c1-12(26)13-10-16(24)18(17(25)11-13)33-20(28)15-7-3-2-6-14(15)19(27)32-9-5-4-8-21(22,23)34(29,30)31/h2-3,6-7,10-11H,4-5,8-9H2,1H3,(H,29,30,31). The molecule has 13 heteroatoms. The van der Waals surface area contributed by atoms with Crippen LogP contribution < -0.4 is 4.74 Å². The van der Waals surface area contributed by atoms with Gasteiger partial charge in [0.05, 0.1) is 24.9 Å². The molecule has 0 bridgehead atoms. The largest absolute Gasteiger partial charge is 0.462 e. The number of benzene rings is 2. The number of alkyl halides is 2. The topological polar surface area (TPSA) is 124 Å². The SMILES string of the molecule is CC(=O)c1cc(I)c(OC(=O)c2ccccc2C(=O)OCCCCC(F)(F)S(=O)(=O)O)c(I)c1. The molecule has 0 aliphatic heterocycles. The molecule has 0 aliphatic rings. The average Bonchev–Trinajstić information content (AvgIpc) is 2.74. The van der Waals surface area contributed by atoms with Gasteiger partial charge in [-0.1, -0.05) is 12.1 Å². The number of carbonyl (C=O) groups is 3. The third-order valence-corrected chi connectivity index (χ3v) is 7.00. The number of halogens is 4. The lowest BCUT2D eigenvalue weighted by molar-refractivity contribution is 0.0457. The number of hydrogen-bond acceptors (Lipinski definition) is 7. The van der Waals surface area contributed by atoms with Crippen LogP contribution in [0.3, 0.4) is 0 Å². The van der Waals surface area contributed by atoms with Crippen molar-refractivity contribution in [3.8, 4) is 5.75 Å². The molecule has 0 radical (unpaired) electrons. The van der Waals surface area contributed by atoms with E-state index in [-0.39, 0.29) is 42.1 Å². The monoisotopic (exact) mass is 722 g/mol. The van der Waals surface area contributed by atoms with E-state index in [2.05, 4.69) is 0 Å². The molecular weight excluding hydrogens is 704 g/mol. The van der Waals surface area contributed by atoms with Gasteiger partial charge in [0.15, 0.2) is 11.5 Å². The second kappa shape index (κ2) is 11.8. The zero-order chi connectivity index (χ0) is 25.7. The molecule has 2 aromatic carbocycles. The van der Waals surface area contributed by atoms with Crippen molar-refractivity contribution in [3.05, 3.63) is 60.2 Å². The van der Waals surface area contributed by atoms with Crippen molar-refractivity contribution in [2.75, 3.05) is 6.61 Å². The Morgan fingerprint density at radius 1 is 1.00 bits per heavy atom. The third-order valence-electron chi connectivity index (χ3n) is 4.44. The highest BCUT2D eigenvalue weighted by Gasteiger charge is 2.42. The van der Waals surface area contributed by atoms with Crippen molar-refractivity contribution in [1.29, 1.82) is 0 Å². The summed E-state index contributed by atoms with van der Waals surface area (Å²) >= 11 is 3.85. The number of ether oxygens (including phenoxy) is 2. The van der Waals surface area contributed by atoms with Crippen molar-refractivity contribution in [2.45, 2.75) is 31.4 Å². The van der Waals surface area contributed by atoms with E-state index in [4.69, 9.17) is 14.0 Å². The molecule has 0 saturated carbocycles. The maximum atomic E-state index is 13.2. The zero-order valence-corrected chi connectivity index (χ0v) is 22.6. The highest BCUT2D eigenvalue weighted by molar-refractivity contribution is 14.1. The first-order chi connectivity index (χ1) is 15.7. The Balaban J connectivity index is 2.06. The third kappa shape index (κ3) is 7.39. The van der Waals surface area contributed by atoms with Crippen molar-refractivity contribution in [2.24, 2.45) is 0 Å². The fraction of sp³-hybridized carbons (Fsp3) is 0.286. The number of carbonyl (C=O) groups excluding carboxylic acids is 3. The van der Waals surface area contributed by atoms with E-state index in [0.717, 1.165) is 0 Å². The van der Waals surface area contributed by atoms with Crippen LogP contribution in [0.4, 0.5) is 8.78 Å². The van der Waals surface area contributed by atoms with Crippen LogP contribution in [0.5, 0.6) is 5.75 Å². The Morgan fingerprint density at radius 3 is 2.03 bits per heavy atom. The van der Waals surface area contributed by atoms with Crippen LogP contribution in [0, 0.1) is 7.14 Å². The normalized spacial score (nSPS) is 11.7. The summed E-state index contributed by atoms with van der Waals surface area (Å²) in [5, 5.41) is -4.29. The van der Waals surface area contributed by atoms with Crippen LogP contribution in [0.2, 0.25) is 0 Å². The average molecular weight is 722 g/mol. The summed E-state index contributed by atoms with van der Waals surface area (Å²) in [6.07, 6.45) is -1.56. The maximum Gasteiger partial charge on any atom is 0.370 e. The van der Waals surface area contributed by atoms with E-state index in [9.17, 15) is 31.6 Å². The summed E-state index contributed by atoms with van der Waals surface area (Å²) in [6, 6.07) is 8.84. The molecule has 0 fully saturated rings. The number of unbranched alkanes of at least 4 members (excludes halogenated alkanes) is 1. The number of Topliss-reactive ketones (excluding diaryl/α,β-unsaturated/α-hetero) is 1. The highest BCUT2D eigenvalue weighted by Crippen LogP contribution is 2.30. The quantitative estimate of drug-likeness (QED) is 0.0896. The first kappa shape index (κ1) is 28.5. The van der Waals surface area contributed by atoms with Gasteiger partial charge in [0.1, 0.15) is 0 Å². The highest BCUT2D eigenvalue weighted by atomic mass is 127. The summed E-state index contributed by atoms with van der Waals surface area (Å²) in [6.45, 7) is 1.10. The summed E-state index contributed by atoms with van der Waals surface area (Å²) in [5.74, 6) is -1.67. The molecule has 184 valence electrons. The van der Waals surface area contributed by atoms with Crippen molar-refractivity contribution in [1.82, 2.24) is 0 Å². The first-order valence-corrected chi connectivity index (χ1v) is 13.2. The molecule has 0 heterocycles. The summed E-state index contributed by atoms with van der Waals surface area (Å²) in [4.78, 5) is 36.8. The van der Waals surface area contributed by atoms with Crippen molar-refractivity contribution < 1.29 is 45.6 Å². The number of rotatable bonds is 10. The van der Waals surface area contributed by atoms with Gasteiger partial charge in [-0.15, -0.1) is 0 Å². The molecular formula is C21H18F2I2O8S. The van der Waals surface area contributed by atoms with Crippen LogP contribution >= 0.6 is 45.2 Å². The van der Waals surface area contributed by atoms with E-state index in [1.807, 2.05) is 45.2 Å². The Labute approximate surface area is 221 Å². The maximum absolute atomic E-state index is 13.2. The van der Waals surface area contributed by atoms with Gasteiger partial charge >= 0.3 is 27.3 Å². The Morgan fingerprint density at radius 2 is 1.53 bits per heavy atom. The smallest absolute Gasteiger partial charge is 0.370 e. The molecule has 0 spiro atoms. The predicted octanol–water partition coefficient (Wildman–Crippen LogP) is 5.13. The molecule has 0 unspecified atom stereocenters. The van der Waals surface area contributed by atoms with E-state index in [1.165, 1.54) is 31.2 Å². The van der Waals surface area contributed by atoms with Gasteiger partial charge in [0.2, 0.25) is 0 Å². The van der Waals surface area contributed by atoms with Gasteiger partial charge < -0.3 is 9.47 Å². The van der Waals surface area contributed by atoms with E-state index in [0.29, 0.717) is 12.7 Å². The zero-order valence-electron chi connectivity index (χ0n) is 17.5. The van der Waals surface area contributed by atoms with Gasteiger partial charge in [-0.25, -0.2) is 9.59 Å². The van der Waals surface area contributed by atoms with E-state index >= 15 is 0 Å². The van der Waals surface area contributed by atoms with E-state index < -0.39 is 33.7 Å². The molecule has 2 aromatic rings. The van der Waals surface area contributed by atoms with Crippen molar-refractivity contribution in [3.63, 3.8) is 0 Å². The second-order valence-electron chi connectivity index (χ2n) is 6.97. The van der Waals surface area contributed by atoms with Crippen molar-refractivity contribution >= 4 is 73.0 Å². The molecule has 2 rings (SSSR count). The van der Waals surface area contributed by atoms with Crippen LogP contribution in [-0.4, -0.2) is 42.6 Å². The molecule has 0 saturated heterocycles. The molecule has 8 nitrogen and oxygen atoms in total. The van der Waals surface area contributed by atoms with Crippen LogP contribution in [0.25, 0.3) is 0 Å². The predicted molar refractivity (Wildman–Crippen MR) is 134 cm³/mol. The fourth-order valence-electron chi connectivity index (χ4n) is 2.65. The fourth-order valence-corrected chi connectivity index (χ4v) is 5.04. The van der Waals surface area contributed by atoms with Crippen LogP contribution in [0.1, 0.15) is 57.3 Å². The summed E-state index contributed by atoms with van der Waals surface area (Å²) in [7, 11) is -5.51. The molecule has 0 amide bonds. The summed E-state index contributed by atoms with van der Waals surface area (Å²) < 4.78 is 67.6. The molecule has 0 atom stereocenters. The molecule has 0 aliphatic carbocycles. The van der Waals surface area contributed by atoms with Gasteiger partial charge in [-0.05, 0) is 89.2 Å². The van der Waals surface area contributed by atoms with E-state index in [1.54, 1.807) is 12.1 Å². The number of ketones is 1. The minimum absolute atomic E-state index is 0.0901. The van der Waals surface area contributed by atoms with Gasteiger partial charge in [0.25, 0.3) is 0 Å². The lowest BCUT2D eigenvalue weighted by atomic mass is 10.1. The lowest BCUT2D eigenvalue weighted by Crippen LogP contribution is -2.28. The minimum Gasteiger partial charge on any atom is -0.462 e. The van der Waals surface area contributed by atoms with Gasteiger partial charge in [-0.3, -0.25) is 9.35 Å². The number of hydrogen-bond donors (Lipinski definition) is 1. The minimum atomic E-state index is -5.51.